The molecule has 3 nitrogen and oxygen atoms in total. The highest BCUT2D eigenvalue weighted by molar-refractivity contribution is 6.35. The van der Waals surface area contributed by atoms with Crippen LogP contribution in [0.15, 0.2) is 48.7 Å². The molecule has 3 aromatic rings. The predicted octanol–water partition coefficient (Wildman–Crippen LogP) is 4.31. The molecule has 0 aliphatic rings. The van der Waals surface area contributed by atoms with Crippen molar-refractivity contribution < 1.29 is 14.2 Å². The van der Waals surface area contributed by atoms with Crippen molar-refractivity contribution >= 4 is 22.5 Å². The second kappa shape index (κ2) is 5.68. The number of pyridine rings is 1. The molecule has 0 fully saturated rings. The van der Waals surface area contributed by atoms with E-state index in [1.54, 1.807) is 30.5 Å². The lowest BCUT2D eigenvalue weighted by atomic mass is 10.2. The van der Waals surface area contributed by atoms with Crippen LogP contribution < -0.4 is 4.74 Å². The Morgan fingerprint density at radius 2 is 2.05 bits per heavy atom. The summed E-state index contributed by atoms with van der Waals surface area (Å²) in [6.07, 6.45) is 1.64. The number of aliphatic hydroxyl groups excluding tert-OH is 1. The van der Waals surface area contributed by atoms with E-state index in [9.17, 15) is 4.39 Å². The van der Waals surface area contributed by atoms with Crippen LogP contribution in [-0.2, 0) is 6.61 Å². The van der Waals surface area contributed by atoms with Gasteiger partial charge >= 0.3 is 0 Å². The lowest BCUT2D eigenvalue weighted by Gasteiger charge is -2.10. The summed E-state index contributed by atoms with van der Waals surface area (Å²) in [5.41, 5.74) is 1.04. The first-order valence-corrected chi connectivity index (χ1v) is 6.66. The fraction of sp³-hybridized carbons (Fsp3) is 0.0625. The number of hydrogen-bond donors (Lipinski definition) is 1. The summed E-state index contributed by atoms with van der Waals surface area (Å²) in [4.78, 5) is 4.25. The van der Waals surface area contributed by atoms with E-state index in [2.05, 4.69) is 4.98 Å². The molecular formula is C16H11ClFNO2. The molecule has 2 aromatic carbocycles. The summed E-state index contributed by atoms with van der Waals surface area (Å²) in [5.74, 6) is 0.306. The third kappa shape index (κ3) is 2.82. The van der Waals surface area contributed by atoms with Crippen molar-refractivity contribution in [2.45, 2.75) is 6.61 Å². The quantitative estimate of drug-likeness (QED) is 0.784. The van der Waals surface area contributed by atoms with Crippen molar-refractivity contribution in [3.63, 3.8) is 0 Å². The first kappa shape index (κ1) is 13.8. The van der Waals surface area contributed by atoms with Crippen molar-refractivity contribution in [3.8, 4) is 11.5 Å². The van der Waals surface area contributed by atoms with Gasteiger partial charge in [0.15, 0.2) is 5.75 Å². The van der Waals surface area contributed by atoms with Crippen molar-refractivity contribution in [3.05, 3.63) is 65.1 Å². The largest absolute Gasteiger partial charge is 0.455 e. The van der Waals surface area contributed by atoms with Gasteiger partial charge < -0.3 is 9.84 Å². The number of hydrogen-bond acceptors (Lipinski definition) is 3. The average Bonchev–Trinajstić information content (AvgIpc) is 2.50. The van der Waals surface area contributed by atoms with Crippen molar-refractivity contribution in [2.75, 3.05) is 0 Å². The van der Waals surface area contributed by atoms with Crippen LogP contribution in [0.25, 0.3) is 10.9 Å². The Labute approximate surface area is 125 Å². The van der Waals surface area contributed by atoms with E-state index in [0.29, 0.717) is 27.6 Å². The van der Waals surface area contributed by atoms with Gasteiger partial charge in [0.1, 0.15) is 17.1 Å². The summed E-state index contributed by atoms with van der Waals surface area (Å²) >= 11 is 6.12. The molecule has 0 saturated heterocycles. The van der Waals surface area contributed by atoms with E-state index >= 15 is 0 Å². The maximum absolute atomic E-state index is 13.5. The minimum atomic E-state index is -0.470. The zero-order valence-electron chi connectivity index (χ0n) is 10.9. The molecule has 3 rings (SSSR count). The first-order chi connectivity index (χ1) is 10.2. The number of rotatable bonds is 3. The summed E-state index contributed by atoms with van der Waals surface area (Å²) in [6.45, 7) is -0.256. The molecule has 0 spiro atoms. The Bertz CT molecular complexity index is 807. The van der Waals surface area contributed by atoms with Crippen molar-refractivity contribution in [1.82, 2.24) is 4.98 Å². The second-order valence-corrected chi connectivity index (χ2v) is 4.91. The van der Waals surface area contributed by atoms with Gasteiger partial charge in [0.2, 0.25) is 0 Å². The van der Waals surface area contributed by atoms with Crippen LogP contribution in [0.4, 0.5) is 4.39 Å². The highest BCUT2D eigenvalue weighted by Gasteiger charge is 2.09. The molecule has 0 saturated carbocycles. The highest BCUT2D eigenvalue weighted by atomic mass is 35.5. The lowest BCUT2D eigenvalue weighted by molar-refractivity contribution is 0.280. The number of halogens is 2. The van der Waals surface area contributed by atoms with E-state index in [1.165, 1.54) is 12.1 Å². The minimum Gasteiger partial charge on any atom is -0.455 e. The van der Waals surface area contributed by atoms with Crippen LogP contribution in [0.2, 0.25) is 5.02 Å². The van der Waals surface area contributed by atoms with Crippen LogP contribution in [0.5, 0.6) is 11.5 Å². The Kier molecular flexibility index (Phi) is 3.73. The summed E-state index contributed by atoms with van der Waals surface area (Å²) in [6, 6.07) is 11.1. The molecule has 0 radical (unpaired) electrons. The molecule has 106 valence electrons. The number of aliphatic hydroxyl groups is 1. The third-order valence-electron chi connectivity index (χ3n) is 3.02. The molecule has 1 heterocycles. The number of ether oxygens (including phenoxy) is 1. The normalized spacial score (nSPS) is 10.8. The summed E-state index contributed by atoms with van der Waals surface area (Å²) in [5, 5.41) is 10.4. The van der Waals surface area contributed by atoms with Crippen LogP contribution in [0.1, 0.15) is 5.56 Å². The summed E-state index contributed by atoms with van der Waals surface area (Å²) in [7, 11) is 0. The van der Waals surface area contributed by atoms with Crippen LogP contribution >= 0.6 is 11.6 Å². The van der Waals surface area contributed by atoms with Gasteiger partial charge in [-0.05, 0) is 42.0 Å². The monoisotopic (exact) mass is 303 g/mol. The van der Waals surface area contributed by atoms with E-state index in [-0.39, 0.29) is 6.61 Å². The molecule has 0 amide bonds. The number of aromatic nitrogens is 1. The van der Waals surface area contributed by atoms with Gasteiger partial charge in [-0.3, -0.25) is 4.98 Å². The third-order valence-corrected chi connectivity index (χ3v) is 3.35. The zero-order chi connectivity index (χ0) is 14.8. The SMILES string of the molecule is OCc1cc(F)cc(Oc2ccc(Cl)c3cccnc23)c1. The van der Waals surface area contributed by atoms with Gasteiger partial charge in [0, 0.05) is 17.6 Å². The van der Waals surface area contributed by atoms with Gasteiger partial charge in [-0.1, -0.05) is 11.6 Å². The van der Waals surface area contributed by atoms with Gasteiger partial charge in [0.05, 0.1) is 11.6 Å². The van der Waals surface area contributed by atoms with Gasteiger partial charge in [0.25, 0.3) is 0 Å². The Hall–Kier alpha value is -2.17. The van der Waals surface area contributed by atoms with Crippen LogP contribution in [-0.4, -0.2) is 10.1 Å². The van der Waals surface area contributed by atoms with Gasteiger partial charge in [-0.25, -0.2) is 4.39 Å². The Balaban J connectivity index is 2.06. The molecule has 0 unspecified atom stereocenters. The number of benzene rings is 2. The predicted molar refractivity (Wildman–Crippen MR) is 79.1 cm³/mol. The summed E-state index contributed by atoms with van der Waals surface area (Å²) < 4.78 is 19.2. The standard InChI is InChI=1S/C16H11ClFNO2/c17-14-3-4-15(16-13(14)2-1-5-19-16)21-12-7-10(9-20)6-11(18)8-12/h1-8,20H,9H2. The lowest BCUT2D eigenvalue weighted by Crippen LogP contribution is -1.92. The molecule has 0 bridgehead atoms. The van der Waals surface area contributed by atoms with Gasteiger partial charge in [-0.2, -0.15) is 0 Å². The molecule has 0 aliphatic heterocycles. The fourth-order valence-corrected chi connectivity index (χ4v) is 2.31. The zero-order valence-corrected chi connectivity index (χ0v) is 11.6. The maximum atomic E-state index is 13.5. The van der Waals surface area contributed by atoms with Crippen molar-refractivity contribution in [2.24, 2.45) is 0 Å². The van der Waals surface area contributed by atoms with Crippen molar-refractivity contribution in [1.29, 1.82) is 0 Å². The number of nitrogens with zero attached hydrogens (tertiary/aromatic N) is 1. The van der Waals surface area contributed by atoms with E-state index < -0.39 is 5.82 Å². The smallest absolute Gasteiger partial charge is 0.153 e. The first-order valence-electron chi connectivity index (χ1n) is 6.29. The molecule has 5 heteroatoms. The van der Waals surface area contributed by atoms with E-state index in [1.807, 2.05) is 6.07 Å². The minimum absolute atomic E-state index is 0.256. The fourth-order valence-electron chi connectivity index (χ4n) is 2.09. The second-order valence-electron chi connectivity index (χ2n) is 4.50. The molecule has 21 heavy (non-hydrogen) atoms. The number of fused-ring (bicyclic) bond motifs is 1. The van der Waals surface area contributed by atoms with Crippen LogP contribution in [0, 0.1) is 5.82 Å². The van der Waals surface area contributed by atoms with E-state index in [4.69, 9.17) is 21.4 Å². The Morgan fingerprint density at radius 3 is 2.86 bits per heavy atom. The molecule has 0 atom stereocenters. The molecular weight excluding hydrogens is 293 g/mol. The molecule has 1 N–H and O–H groups in total. The van der Waals surface area contributed by atoms with Crippen LogP contribution in [0.3, 0.4) is 0 Å². The van der Waals surface area contributed by atoms with Gasteiger partial charge in [-0.15, -0.1) is 0 Å². The maximum Gasteiger partial charge on any atom is 0.153 e. The average molecular weight is 304 g/mol. The highest BCUT2D eigenvalue weighted by Crippen LogP contribution is 2.33. The molecule has 1 aromatic heterocycles. The Morgan fingerprint density at radius 1 is 1.19 bits per heavy atom. The molecule has 0 aliphatic carbocycles. The van der Waals surface area contributed by atoms with E-state index in [0.717, 1.165) is 5.39 Å². The topological polar surface area (TPSA) is 42.4 Å².